The third-order valence-corrected chi connectivity index (χ3v) is 3.51. The van der Waals surface area contributed by atoms with Crippen molar-refractivity contribution in [1.82, 2.24) is 5.32 Å². The molecule has 2 rings (SSSR count). The number of benzene rings is 2. The van der Waals surface area contributed by atoms with Gasteiger partial charge in [-0.1, -0.05) is 49.4 Å². The van der Waals surface area contributed by atoms with Gasteiger partial charge in [-0.25, -0.2) is 0 Å². The molecule has 20 heavy (non-hydrogen) atoms. The topological polar surface area (TPSA) is 21.3 Å². The fraction of sp³-hybridized carbons (Fsp3) is 0.333. The van der Waals surface area contributed by atoms with Crippen molar-refractivity contribution in [3.05, 3.63) is 65.2 Å². The van der Waals surface area contributed by atoms with E-state index in [1.807, 2.05) is 18.2 Å². The Morgan fingerprint density at radius 2 is 1.60 bits per heavy atom. The summed E-state index contributed by atoms with van der Waals surface area (Å²) < 4.78 is 6.00. The number of hydrogen-bond donors (Lipinski definition) is 1. The summed E-state index contributed by atoms with van der Waals surface area (Å²) in [6.45, 7) is 7.91. The molecule has 0 aromatic heterocycles. The van der Waals surface area contributed by atoms with E-state index in [2.05, 4.69) is 56.4 Å². The Balaban J connectivity index is 2.11. The maximum atomic E-state index is 6.00. The van der Waals surface area contributed by atoms with E-state index in [0.29, 0.717) is 6.61 Å². The largest absolute Gasteiger partial charge is 0.491 e. The standard InChI is InChI=1S/C18H23NO/c1-4-19-17(16-11-7-5-9-14(16)2)13-20-18-12-8-6-10-15(18)3/h5-12,17,19H,4,13H2,1-3H3. The number of hydrogen-bond acceptors (Lipinski definition) is 2. The predicted octanol–water partition coefficient (Wildman–Crippen LogP) is 4.03. The SMILES string of the molecule is CCNC(COc1ccccc1C)c1ccccc1C. The van der Waals surface area contributed by atoms with Crippen molar-refractivity contribution in [3.8, 4) is 5.75 Å². The first-order valence-electron chi connectivity index (χ1n) is 7.19. The minimum absolute atomic E-state index is 0.223. The summed E-state index contributed by atoms with van der Waals surface area (Å²) in [5.41, 5.74) is 3.78. The smallest absolute Gasteiger partial charge is 0.122 e. The second-order valence-electron chi connectivity index (χ2n) is 5.04. The molecule has 2 aromatic carbocycles. The van der Waals surface area contributed by atoms with Crippen LogP contribution in [-0.4, -0.2) is 13.2 Å². The monoisotopic (exact) mass is 269 g/mol. The minimum Gasteiger partial charge on any atom is -0.491 e. The van der Waals surface area contributed by atoms with Crippen LogP contribution in [0.1, 0.15) is 29.7 Å². The first kappa shape index (κ1) is 14.6. The molecule has 0 saturated heterocycles. The first-order valence-corrected chi connectivity index (χ1v) is 7.19. The van der Waals surface area contributed by atoms with Crippen LogP contribution in [0.25, 0.3) is 0 Å². The molecule has 1 unspecified atom stereocenters. The summed E-state index contributed by atoms with van der Waals surface area (Å²) in [5.74, 6) is 0.962. The van der Waals surface area contributed by atoms with E-state index in [-0.39, 0.29) is 6.04 Å². The number of aryl methyl sites for hydroxylation is 2. The highest BCUT2D eigenvalue weighted by molar-refractivity contribution is 5.33. The molecule has 0 spiro atoms. The molecule has 0 bridgehead atoms. The van der Waals surface area contributed by atoms with Crippen molar-refractivity contribution >= 4 is 0 Å². The van der Waals surface area contributed by atoms with Gasteiger partial charge in [0.05, 0.1) is 6.04 Å². The summed E-state index contributed by atoms with van der Waals surface area (Å²) in [7, 11) is 0. The molecule has 2 nitrogen and oxygen atoms in total. The zero-order chi connectivity index (χ0) is 14.4. The predicted molar refractivity (Wildman–Crippen MR) is 84.3 cm³/mol. The molecule has 1 N–H and O–H groups in total. The highest BCUT2D eigenvalue weighted by atomic mass is 16.5. The third-order valence-electron chi connectivity index (χ3n) is 3.51. The van der Waals surface area contributed by atoms with Crippen LogP contribution in [0.2, 0.25) is 0 Å². The maximum Gasteiger partial charge on any atom is 0.122 e. The van der Waals surface area contributed by atoms with Gasteiger partial charge in [-0.2, -0.15) is 0 Å². The van der Waals surface area contributed by atoms with Crippen LogP contribution in [0.3, 0.4) is 0 Å². The fourth-order valence-electron chi connectivity index (χ4n) is 2.37. The second-order valence-corrected chi connectivity index (χ2v) is 5.04. The Labute approximate surface area is 121 Å². The van der Waals surface area contributed by atoms with Crippen molar-refractivity contribution in [1.29, 1.82) is 0 Å². The van der Waals surface area contributed by atoms with Gasteiger partial charge in [0.15, 0.2) is 0 Å². The molecule has 0 saturated carbocycles. The van der Waals surface area contributed by atoms with Crippen molar-refractivity contribution in [2.24, 2.45) is 0 Å². The van der Waals surface area contributed by atoms with Gasteiger partial charge >= 0.3 is 0 Å². The van der Waals surface area contributed by atoms with Crippen LogP contribution in [-0.2, 0) is 0 Å². The Bertz CT molecular complexity index is 551. The fourth-order valence-corrected chi connectivity index (χ4v) is 2.37. The van der Waals surface area contributed by atoms with Gasteiger partial charge < -0.3 is 10.1 Å². The number of para-hydroxylation sites is 1. The molecule has 2 aromatic rings. The van der Waals surface area contributed by atoms with Crippen LogP contribution in [0.15, 0.2) is 48.5 Å². The minimum atomic E-state index is 0.223. The first-order chi connectivity index (χ1) is 9.72. The lowest BCUT2D eigenvalue weighted by Crippen LogP contribution is -2.27. The second kappa shape index (κ2) is 7.11. The quantitative estimate of drug-likeness (QED) is 0.854. The lowest BCUT2D eigenvalue weighted by atomic mass is 10.0. The Kier molecular flexibility index (Phi) is 5.19. The molecular weight excluding hydrogens is 246 g/mol. The summed E-state index contributed by atoms with van der Waals surface area (Å²) in [4.78, 5) is 0. The molecule has 0 fully saturated rings. The van der Waals surface area contributed by atoms with Crippen LogP contribution in [0.5, 0.6) is 5.75 Å². The van der Waals surface area contributed by atoms with Crippen LogP contribution >= 0.6 is 0 Å². The van der Waals surface area contributed by atoms with Gasteiger partial charge in [-0.3, -0.25) is 0 Å². The average Bonchev–Trinajstić information content (AvgIpc) is 2.46. The number of rotatable bonds is 6. The highest BCUT2D eigenvalue weighted by Gasteiger charge is 2.13. The van der Waals surface area contributed by atoms with E-state index in [9.17, 15) is 0 Å². The Hall–Kier alpha value is -1.80. The van der Waals surface area contributed by atoms with Gasteiger partial charge in [0.25, 0.3) is 0 Å². The van der Waals surface area contributed by atoms with E-state index >= 15 is 0 Å². The molecule has 0 aliphatic heterocycles. The average molecular weight is 269 g/mol. The van der Waals surface area contributed by atoms with E-state index in [4.69, 9.17) is 4.74 Å². The molecule has 1 atom stereocenters. The molecule has 106 valence electrons. The lowest BCUT2D eigenvalue weighted by molar-refractivity contribution is 0.266. The maximum absolute atomic E-state index is 6.00. The number of ether oxygens (including phenoxy) is 1. The zero-order valence-electron chi connectivity index (χ0n) is 12.5. The van der Waals surface area contributed by atoms with Crippen molar-refractivity contribution in [2.45, 2.75) is 26.8 Å². The molecular formula is C18H23NO. The summed E-state index contributed by atoms with van der Waals surface area (Å²) in [6, 6.07) is 16.8. The van der Waals surface area contributed by atoms with Crippen molar-refractivity contribution in [3.63, 3.8) is 0 Å². The van der Waals surface area contributed by atoms with Gasteiger partial charge in [-0.05, 0) is 43.1 Å². The van der Waals surface area contributed by atoms with E-state index < -0.39 is 0 Å². The molecule has 2 heteroatoms. The van der Waals surface area contributed by atoms with E-state index in [0.717, 1.165) is 12.3 Å². The number of likely N-dealkylation sites (N-methyl/N-ethyl adjacent to an activating group) is 1. The lowest BCUT2D eigenvalue weighted by Gasteiger charge is -2.21. The summed E-state index contributed by atoms with van der Waals surface area (Å²) in [5, 5.41) is 3.50. The van der Waals surface area contributed by atoms with E-state index in [1.165, 1.54) is 16.7 Å². The highest BCUT2D eigenvalue weighted by Crippen LogP contribution is 2.21. The zero-order valence-corrected chi connectivity index (χ0v) is 12.5. The van der Waals surface area contributed by atoms with Gasteiger partial charge in [-0.15, -0.1) is 0 Å². The summed E-state index contributed by atoms with van der Waals surface area (Å²) >= 11 is 0. The van der Waals surface area contributed by atoms with Crippen molar-refractivity contribution < 1.29 is 4.74 Å². The normalized spacial score (nSPS) is 12.2. The summed E-state index contributed by atoms with van der Waals surface area (Å²) in [6.07, 6.45) is 0. The van der Waals surface area contributed by atoms with Gasteiger partial charge in [0.2, 0.25) is 0 Å². The van der Waals surface area contributed by atoms with Crippen LogP contribution in [0.4, 0.5) is 0 Å². The van der Waals surface area contributed by atoms with Gasteiger partial charge in [0, 0.05) is 0 Å². The van der Waals surface area contributed by atoms with Crippen LogP contribution in [0, 0.1) is 13.8 Å². The molecule has 0 aliphatic rings. The Morgan fingerprint density at radius 1 is 0.950 bits per heavy atom. The van der Waals surface area contributed by atoms with Crippen molar-refractivity contribution in [2.75, 3.05) is 13.2 Å². The molecule has 0 aliphatic carbocycles. The van der Waals surface area contributed by atoms with Crippen LogP contribution < -0.4 is 10.1 Å². The number of nitrogens with one attached hydrogen (secondary N) is 1. The third kappa shape index (κ3) is 3.61. The van der Waals surface area contributed by atoms with Gasteiger partial charge in [0.1, 0.15) is 12.4 Å². The molecule has 0 radical (unpaired) electrons. The molecule has 0 amide bonds. The van der Waals surface area contributed by atoms with E-state index in [1.54, 1.807) is 0 Å². The molecule has 0 heterocycles. The Morgan fingerprint density at radius 3 is 2.25 bits per heavy atom.